The van der Waals surface area contributed by atoms with E-state index in [-0.39, 0.29) is 0 Å². The first kappa shape index (κ1) is 9.48. The van der Waals surface area contributed by atoms with Crippen molar-refractivity contribution >= 4 is 15.9 Å². The molecule has 0 bridgehead atoms. The highest BCUT2D eigenvalue weighted by Crippen LogP contribution is 2.13. The molecule has 0 fully saturated rings. The van der Waals surface area contributed by atoms with E-state index in [2.05, 4.69) is 29.8 Å². The van der Waals surface area contributed by atoms with Crippen LogP contribution in [0.15, 0.2) is 0 Å². The first-order chi connectivity index (χ1) is 4.31. The highest BCUT2D eigenvalue weighted by molar-refractivity contribution is 9.09. The first-order valence-electron chi connectivity index (χ1n) is 3.74. The average Bonchev–Trinajstić information content (AvgIpc) is 1.89. The predicted octanol–water partition coefficient (Wildman–Crippen LogP) is 3.55. The molecular formula is C8H16Br. The van der Waals surface area contributed by atoms with E-state index in [4.69, 9.17) is 0 Å². The van der Waals surface area contributed by atoms with Crippen molar-refractivity contribution in [2.24, 2.45) is 0 Å². The van der Waals surface area contributed by atoms with Crippen LogP contribution in [0.5, 0.6) is 0 Å². The van der Waals surface area contributed by atoms with Crippen molar-refractivity contribution in [1.82, 2.24) is 0 Å². The zero-order valence-corrected chi connectivity index (χ0v) is 7.78. The summed E-state index contributed by atoms with van der Waals surface area (Å²) in [6.45, 7) is 6.05. The Morgan fingerprint density at radius 2 is 2.11 bits per heavy atom. The highest BCUT2D eigenvalue weighted by Gasteiger charge is 1.97. The van der Waals surface area contributed by atoms with Crippen LogP contribution in [0.25, 0.3) is 0 Å². The highest BCUT2D eigenvalue weighted by atomic mass is 79.9. The zero-order valence-electron chi connectivity index (χ0n) is 6.20. The standard InChI is InChI=1S/C8H16Br/c1-3-5-6-7-8(9)4-2/h8H,2-7H2,1H3. The summed E-state index contributed by atoms with van der Waals surface area (Å²) in [4.78, 5) is 0.657. The van der Waals surface area contributed by atoms with Gasteiger partial charge in [0, 0.05) is 4.83 Å². The van der Waals surface area contributed by atoms with Gasteiger partial charge < -0.3 is 0 Å². The second-order valence-corrected chi connectivity index (χ2v) is 3.68. The lowest BCUT2D eigenvalue weighted by Gasteiger charge is -2.03. The lowest BCUT2D eigenvalue weighted by molar-refractivity contribution is 0.652. The Morgan fingerprint density at radius 1 is 1.44 bits per heavy atom. The van der Waals surface area contributed by atoms with Crippen LogP contribution >= 0.6 is 15.9 Å². The Balaban J connectivity index is 2.88. The number of halogens is 1. The molecule has 1 atom stereocenters. The van der Waals surface area contributed by atoms with E-state index in [1.807, 2.05) is 0 Å². The van der Waals surface area contributed by atoms with Gasteiger partial charge in [-0.15, -0.1) is 0 Å². The lowest BCUT2D eigenvalue weighted by atomic mass is 10.1. The fourth-order valence-electron chi connectivity index (χ4n) is 0.760. The van der Waals surface area contributed by atoms with E-state index in [1.165, 1.54) is 25.7 Å². The van der Waals surface area contributed by atoms with Crippen molar-refractivity contribution in [3.8, 4) is 0 Å². The van der Waals surface area contributed by atoms with Crippen LogP contribution in [0, 0.1) is 6.92 Å². The molecule has 0 rings (SSSR count). The van der Waals surface area contributed by atoms with Gasteiger partial charge in [0.25, 0.3) is 0 Å². The van der Waals surface area contributed by atoms with Crippen molar-refractivity contribution in [3.05, 3.63) is 6.92 Å². The van der Waals surface area contributed by atoms with Gasteiger partial charge in [-0.05, 0) is 12.8 Å². The summed E-state index contributed by atoms with van der Waals surface area (Å²) in [6, 6.07) is 0. The van der Waals surface area contributed by atoms with Crippen molar-refractivity contribution < 1.29 is 0 Å². The van der Waals surface area contributed by atoms with Gasteiger partial charge in [0.2, 0.25) is 0 Å². The summed E-state index contributed by atoms with van der Waals surface area (Å²) >= 11 is 3.54. The maximum atomic E-state index is 3.82. The number of hydrogen-bond acceptors (Lipinski definition) is 0. The van der Waals surface area contributed by atoms with Crippen LogP contribution in [0.2, 0.25) is 0 Å². The maximum absolute atomic E-state index is 3.82. The molecule has 0 heterocycles. The molecule has 0 N–H and O–H groups in total. The first-order valence-corrected chi connectivity index (χ1v) is 4.66. The van der Waals surface area contributed by atoms with E-state index < -0.39 is 0 Å². The Kier molecular flexibility index (Phi) is 6.95. The third-order valence-corrected chi connectivity index (χ3v) is 2.35. The quantitative estimate of drug-likeness (QED) is 0.461. The SMILES string of the molecule is [CH2]CC(Br)CCCCC. The Bertz CT molecular complexity index is 52.5. The van der Waals surface area contributed by atoms with E-state index in [0.29, 0.717) is 4.83 Å². The van der Waals surface area contributed by atoms with Crippen LogP contribution < -0.4 is 0 Å². The van der Waals surface area contributed by atoms with Crippen LogP contribution in [0.1, 0.15) is 39.0 Å². The molecular weight excluding hydrogens is 176 g/mol. The third-order valence-electron chi connectivity index (χ3n) is 1.43. The summed E-state index contributed by atoms with van der Waals surface area (Å²) in [6.07, 6.45) is 6.34. The van der Waals surface area contributed by atoms with E-state index in [1.54, 1.807) is 0 Å². The molecule has 0 aliphatic rings. The molecule has 1 unspecified atom stereocenters. The predicted molar refractivity (Wildman–Crippen MR) is 46.8 cm³/mol. The minimum atomic E-state index is 0.657. The van der Waals surface area contributed by atoms with Crippen molar-refractivity contribution in [3.63, 3.8) is 0 Å². The summed E-state index contributed by atoms with van der Waals surface area (Å²) in [5, 5.41) is 0. The second-order valence-electron chi connectivity index (χ2n) is 2.38. The van der Waals surface area contributed by atoms with Gasteiger partial charge in [-0.3, -0.25) is 0 Å². The summed E-state index contributed by atoms with van der Waals surface area (Å²) < 4.78 is 0. The molecule has 0 aliphatic carbocycles. The van der Waals surface area contributed by atoms with Crippen LogP contribution in [-0.4, -0.2) is 4.83 Å². The maximum Gasteiger partial charge on any atom is 0.0145 e. The van der Waals surface area contributed by atoms with Gasteiger partial charge in [-0.1, -0.05) is 49.0 Å². The second kappa shape index (κ2) is 6.60. The largest absolute Gasteiger partial charge is 0.0891 e. The van der Waals surface area contributed by atoms with E-state index in [9.17, 15) is 0 Å². The number of alkyl halides is 1. The van der Waals surface area contributed by atoms with E-state index in [0.717, 1.165) is 6.42 Å². The molecule has 1 radical (unpaired) electrons. The van der Waals surface area contributed by atoms with Crippen LogP contribution in [0.3, 0.4) is 0 Å². The van der Waals surface area contributed by atoms with Gasteiger partial charge in [0.05, 0.1) is 0 Å². The van der Waals surface area contributed by atoms with Crippen molar-refractivity contribution in [2.45, 2.75) is 43.9 Å². The zero-order chi connectivity index (χ0) is 7.11. The minimum Gasteiger partial charge on any atom is -0.0891 e. The molecule has 0 aromatic heterocycles. The number of rotatable bonds is 5. The lowest BCUT2D eigenvalue weighted by Crippen LogP contribution is -1.93. The molecule has 1 heteroatoms. The molecule has 0 amide bonds. The topological polar surface area (TPSA) is 0 Å². The molecule has 0 spiro atoms. The fraction of sp³-hybridized carbons (Fsp3) is 0.875. The molecule has 0 aromatic carbocycles. The normalized spacial score (nSPS) is 13.7. The van der Waals surface area contributed by atoms with Gasteiger partial charge in [-0.25, -0.2) is 0 Å². The average molecular weight is 192 g/mol. The van der Waals surface area contributed by atoms with Gasteiger partial charge in [-0.2, -0.15) is 0 Å². The molecule has 0 aromatic rings. The number of hydrogen-bond donors (Lipinski definition) is 0. The van der Waals surface area contributed by atoms with Gasteiger partial charge in [0.1, 0.15) is 0 Å². The monoisotopic (exact) mass is 191 g/mol. The smallest absolute Gasteiger partial charge is 0.0145 e. The Morgan fingerprint density at radius 3 is 2.56 bits per heavy atom. The fourth-order valence-corrected chi connectivity index (χ4v) is 1.08. The third kappa shape index (κ3) is 6.36. The van der Waals surface area contributed by atoms with Crippen LogP contribution in [-0.2, 0) is 0 Å². The minimum absolute atomic E-state index is 0.657. The van der Waals surface area contributed by atoms with Gasteiger partial charge in [0.15, 0.2) is 0 Å². The van der Waals surface area contributed by atoms with Crippen LogP contribution in [0.4, 0.5) is 0 Å². The Hall–Kier alpha value is 0.480. The van der Waals surface area contributed by atoms with E-state index >= 15 is 0 Å². The Labute approximate surface area is 67.2 Å². The molecule has 0 saturated heterocycles. The van der Waals surface area contributed by atoms with Crippen molar-refractivity contribution in [2.75, 3.05) is 0 Å². The number of unbranched alkanes of at least 4 members (excludes halogenated alkanes) is 2. The summed E-state index contributed by atoms with van der Waals surface area (Å²) in [7, 11) is 0. The molecule has 55 valence electrons. The molecule has 9 heavy (non-hydrogen) atoms. The molecule has 0 nitrogen and oxygen atoms in total. The van der Waals surface area contributed by atoms with Crippen molar-refractivity contribution in [1.29, 1.82) is 0 Å². The summed E-state index contributed by atoms with van der Waals surface area (Å²) in [5.74, 6) is 0. The summed E-state index contributed by atoms with van der Waals surface area (Å²) in [5.41, 5.74) is 0. The molecule has 0 saturated carbocycles. The molecule has 0 aliphatic heterocycles. The van der Waals surface area contributed by atoms with Gasteiger partial charge >= 0.3 is 0 Å².